The maximum atomic E-state index is 11.4. The summed E-state index contributed by atoms with van der Waals surface area (Å²) in [6, 6.07) is 0.358. The Morgan fingerprint density at radius 1 is 1.37 bits per heavy atom. The highest BCUT2D eigenvalue weighted by Crippen LogP contribution is 2.42. The second-order valence-electron chi connectivity index (χ2n) is 6.52. The molecular formula is C14H29NO3S. The van der Waals surface area contributed by atoms with Crippen molar-refractivity contribution in [3.8, 4) is 0 Å². The van der Waals surface area contributed by atoms with Crippen LogP contribution < -0.4 is 5.32 Å². The minimum absolute atomic E-state index is 0.0882. The summed E-state index contributed by atoms with van der Waals surface area (Å²) < 4.78 is 28.7. The fraction of sp³-hybridized carbons (Fsp3) is 1.00. The summed E-state index contributed by atoms with van der Waals surface area (Å²) in [6.45, 7) is 11.7. The molecule has 1 aliphatic carbocycles. The summed E-state index contributed by atoms with van der Waals surface area (Å²) in [6.07, 6.45) is 1.27. The van der Waals surface area contributed by atoms with Crippen LogP contribution in [-0.2, 0) is 14.6 Å². The highest BCUT2D eigenvalue weighted by Gasteiger charge is 2.48. The molecule has 0 saturated heterocycles. The molecule has 1 saturated carbocycles. The van der Waals surface area contributed by atoms with Crippen molar-refractivity contribution in [3.05, 3.63) is 0 Å². The van der Waals surface area contributed by atoms with Crippen molar-refractivity contribution in [2.24, 2.45) is 11.3 Å². The van der Waals surface area contributed by atoms with Gasteiger partial charge in [-0.2, -0.15) is 0 Å². The van der Waals surface area contributed by atoms with Crippen LogP contribution in [0.25, 0.3) is 0 Å². The van der Waals surface area contributed by atoms with Gasteiger partial charge in [0.1, 0.15) is 0 Å². The predicted octanol–water partition coefficient (Wildman–Crippen LogP) is 1.85. The Kier molecular flexibility index (Phi) is 5.83. The molecule has 1 N–H and O–H groups in total. The van der Waals surface area contributed by atoms with Gasteiger partial charge in [-0.3, -0.25) is 0 Å². The molecule has 19 heavy (non-hydrogen) atoms. The van der Waals surface area contributed by atoms with E-state index in [1.165, 1.54) is 0 Å². The Labute approximate surface area is 118 Å². The maximum Gasteiger partial charge on any atom is 0.151 e. The molecule has 0 amide bonds. The summed E-state index contributed by atoms with van der Waals surface area (Å²) in [5, 5.41) is 3.36. The number of rotatable bonds is 8. The molecule has 2 atom stereocenters. The van der Waals surface area contributed by atoms with E-state index in [-0.39, 0.29) is 23.0 Å². The molecule has 0 spiro atoms. The second-order valence-corrected chi connectivity index (χ2v) is 8.99. The van der Waals surface area contributed by atoms with Gasteiger partial charge in [0, 0.05) is 30.4 Å². The van der Waals surface area contributed by atoms with Gasteiger partial charge < -0.3 is 10.1 Å². The molecular weight excluding hydrogens is 262 g/mol. The van der Waals surface area contributed by atoms with Crippen LogP contribution in [-0.4, -0.2) is 45.2 Å². The zero-order valence-corrected chi connectivity index (χ0v) is 13.7. The smallest absolute Gasteiger partial charge is 0.151 e. The van der Waals surface area contributed by atoms with E-state index in [0.29, 0.717) is 18.5 Å². The summed E-state index contributed by atoms with van der Waals surface area (Å²) in [5.74, 6) is 1.01. The molecule has 1 rings (SSSR count). The quantitative estimate of drug-likeness (QED) is 0.741. The number of nitrogens with one attached hydrogen (secondary N) is 1. The van der Waals surface area contributed by atoms with Gasteiger partial charge in [-0.25, -0.2) is 8.42 Å². The highest BCUT2D eigenvalue weighted by molar-refractivity contribution is 7.91. The molecule has 5 heteroatoms. The first-order chi connectivity index (χ1) is 8.69. The fourth-order valence-corrected chi connectivity index (χ4v) is 3.07. The van der Waals surface area contributed by atoms with Crippen molar-refractivity contribution in [2.45, 2.75) is 53.2 Å². The molecule has 1 aliphatic rings. The zero-order valence-electron chi connectivity index (χ0n) is 12.9. The molecule has 4 nitrogen and oxygen atoms in total. The van der Waals surface area contributed by atoms with Crippen LogP contribution in [0.5, 0.6) is 0 Å². The second kappa shape index (κ2) is 6.55. The van der Waals surface area contributed by atoms with E-state index >= 15 is 0 Å². The van der Waals surface area contributed by atoms with Crippen LogP contribution >= 0.6 is 0 Å². The maximum absolute atomic E-state index is 11.4. The molecule has 0 radical (unpaired) electrons. The van der Waals surface area contributed by atoms with Crippen LogP contribution in [0, 0.1) is 11.3 Å². The number of hydrogen-bond donors (Lipinski definition) is 1. The standard InChI is InChI=1S/C14H29NO3S/c1-6-19(16,17)8-7-15-12-9-13(14(12,4)5)18-10-11(2)3/h11-13,15H,6-10H2,1-5H3. The van der Waals surface area contributed by atoms with Crippen LogP contribution in [0.2, 0.25) is 0 Å². The van der Waals surface area contributed by atoms with Crippen LogP contribution in [0.3, 0.4) is 0 Å². The van der Waals surface area contributed by atoms with Gasteiger partial charge in [-0.05, 0) is 12.3 Å². The largest absolute Gasteiger partial charge is 0.377 e. The predicted molar refractivity (Wildman–Crippen MR) is 79.1 cm³/mol. The summed E-state index contributed by atoms with van der Waals surface area (Å²) in [5.41, 5.74) is 0.0882. The Balaban J connectivity index is 2.31. The third-order valence-corrected chi connectivity index (χ3v) is 5.76. The first-order valence-corrected chi connectivity index (χ1v) is 9.06. The molecule has 0 aromatic heterocycles. The fourth-order valence-electron chi connectivity index (χ4n) is 2.36. The molecule has 1 fully saturated rings. The average Bonchev–Trinajstić information content (AvgIpc) is 2.31. The van der Waals surface area contributed by atoms with E-state index in [0.717, 1.165) is 13.0 Å². The van der Waals surface area contributed by atoms with Crippen LogP contribution in [0.4, 0.5) is 0 Å². The minimum atomic E-state index is -2.87. The Morgan fingerprint density at radius 3 is 2.47 bits per heavy atom. The molecule has 0 aromatic rings. The lowest BCUT2D eigenvalue weighted by Gasteiger charge is -2.52. The van der Waals surface area contributed by atoms with E-state index in [4.69, 9.17) is 4.74 Å². The van der Waals surface area contributed by atoms with E-state index in [9.17, 15) is 8.42 Å². The molecule has 0 bridgehead atoms. The molecule has 0 aliphatic heterocycles. The Bertz CT molecular complexity index is 376. The van der Waals surface area contributed by atoms with Crippen molar-refractivity contribution in [1.82, 2.24) is 5.32 Å². The molecule has 0 aromatic carbocycles. The highest BCUT2D eigenvalue weighted by atomic mass is 32.2. The third-order valence-electron chi connectivity index (χ3n) is 4.05. The topological polar surface area (TPSA) is 55.4 Å². The lowest BCUT2D eigenvalue weighted by atomic mass is 9.64. The Hall–Kier alpha value is -0.130. The van der Waals surface area contributed by atoms with E-state index in [1.807, 2.05) is 0 Å². The first kappa shape index (κ1) is 16.9. The van der Waals surface area contributed by atoms with Gasteiger partial charge in [0.25, 0.3) is 0 Å². The van der Waals surface area contributed by atoms with Gasteiger partial charge in [0.2, 0.25) is 0 Å². The average molecular weight is 291 g/mol. The van der Waals surface area contributed by atoms with Crippen molar-refractivity contribution < 1.29 is 13.2 Å². The molecule has 2 unspecified atom stereocenters. The van der Waals surface area contributed by atoms with E-state index in [1.54, 1.807) is 6.92 Å². The van der Waals surface area contributed by atoms with Crippen molar-refractivity contribution in [2.75, 3.05) is 24.7 Å². The van der Waals surface area contributed by atoms with Gasteiger partial charge in [-0.15, -0.1) is 0 Å². The lowest BCUT2D eigenvalue weighted by molar-refractivity contribution is -0.123. The van der Waals surface area contributed by atoms with Gasteiger partial charge in [0.15, 0.2) is 9.84 Å². The lowest BCUT2D eigenvalue weighted by Crippen LogP contribution is -2.61. The Morgan fingerprint density at radius 2 is 2.00 bits per heavy atom. The van der Waals surface area contributed by atoms with Gasteiger partial charge in [-0.1, -0.05) is 34.6 Å². The van der Waals surface area contributed by atoms with Gasteiger partial charge in [0.05, 0.1) is 11.9 Å². The van der Waals surface area contributed by atoms with Crippen LogP contribution in [0.15, 0.2) is 0 Å². The zero-order chi connectivity index (χ0) is 14.7. The normalized spacial score (nSPS) is 26.4. The monoisotopic (exact) mass is 291 g/mol. The summed E-state index contributed by atoms with van der Waals surface area (Å²) >= 11 is 0. The molecule has 114 valence electrons. The van der Waals surface area contributed by atoms with E-state index in [2.05, 4.69) is 33.0 Å². The van der Waals surface area contributed by atoms with Crippen molar-refractivity contribution >= 4 is 9.84 Å². The van der Waals surface area contributed by atoms with Gasteiger partial charge >= 0.3 is 0 Å². The number of sulfone groups is 1. The minimum Gasteiger partial charge on any atom is -0.377 e. The first-order valence-electron chi connectivity index (χ1n) is 7.24. The number of hydrogen-bond acceptors (Lipinski definition) is 4. The SMILES string of the molecule is CCS(=O)(=O)CCNC1CC(OCC(C)C)C1(C)C. The van der Waals surface area contributed by atoms with Crippen molar-refractivity contribution in [3.63, 3.8) is 0 Å². The third kappa shape index (κ3) is 4.72. The van der Waals surface area contributed by atoms with Crippen molar-refractivity contribution in [1.29, 1.82) is 0 Å². The number of ether oxygens (including phenoxy) is 1. The summed E-state index contributed by atoms with van der Waals surface area (Å²) in [4.78, 5) is 0. The van der Waals surface area contributed by atoms with E-state index < -0.39 is 9.84 Å². The van der Waals surface area contributed by atoms with Crippen LogP contribution in [0.1, 0.15) is 41.0 Å². The summed E-state index contributed by atoms with van der Waals surface area (Å²) in [7, 11) is -2.87. The molecule has 0 heterocycles.